The van der Waals surface area contributed by atoms with Crippen molar-refractivity contribution in [3.63, 3.8) is 0 Å². The molecule has 0 bridgehead atoms. The molecule has 1 fully saturated rings. The Hall–Kier alpha value is -3.62. The fraction of sp³-hybridized carbons (Fsp3) is 0.417. The second-order valence-corrected chi connectivity index (χ2v) is 8.72. The summed E-state index contributed by atoms with van der Waals surface area (Å²) in [5.74, 6) is 1.27. The van der Waals surface area contributed by atoms with E-state index in [1.807, 2.05) is 37.3 Å². The third-order valence-corrected chi connectivity index (χ3v) is 6.47. The highest BCUT2D eigenvalue weighted by Gasteiger charge is 2.33. The first-order valence-electron chi connectivity index (χ1n) is 11.3. The SMILES string of the molecule is Cc1nonc1C(=O)N1CCCC(c2nc(C)c3c(n2)N(Cc2ccccc2)C(=O)CC3)C1. The number of fused-ring (bicyclic) bond motifs is 1. The number of rotatable bonds is 4. The molecule has 2 amide bonds. The number of carbonyl (C=O) groups is 2. The minimum absolute atomic E-state index is 0.0116. The van der Waals surface area contributed by atoms with Crippen LogP contribution in [-0.4, -0.2) is 50.1 Å². The van der Waals surface area contributed by atoms with Crippen LogP contribution in [0.2, 0.25) is 0 Å². The third kappa shape index (κ3) is 4.10. The molecule has 3 aromatic rings. The molecule has 2 aromatic heterocycles. The lowest BCUT2D eigenvalue weighted by Crippen LogP contribution is -2.40. The predicted octanol–water partition coefficient (Wildman–Crippen LogP) is 2.98. The van der Waals surface area contributed by atoms with Gasteiger partial charge in [0, 0.05) is 36.7 Å². The monoisotopic (exact) mass is 446 g/mol. The molecule has 1 atom stereocenters. The summed E-state index contributed by atoms with van der Waals surface area (Å²) >= 11 is 0. The number of likely N-dealkylation sites (tertiary alicyclic amines) is 1. The highest BCUT2D eigenvalue weighted by atomic mass is 16.6. The van der Waals surface area contributed by atoms with Crippen molar-refractivity contribution >= 4 is 17.6 Å². The lowest BCUT2D eigenvalue weighted by molar-refractivity contribution is -0.119. The molecule has 9 heteroatoms. The van der Waals surface area contributed by atoms with Gasteiger partial charge in [-0.25, -0.2) is 14.6 Å². The number of amides is 2. The summed E-state index contributed by atoms with van der Waals surface area (Å²) in [5, 5.41) is 7.49. The number of aromatic nitrogens is 4. The lowest BCUT2D eigenvalue weighted by atomic mass is 9.95. The van der Waals surface area contributed by atoms with Gasteiger partial charge < -0.3 is 4.90 Å². The zero-order valence-electron chi connectivity index (χ0n) is 18.8. The summed E-state index contributed by atoms with van der Waals surface area (Å²) in [6.07, 6.45) is 2.83. The van der Waals surface area contributed by atoms with E-state index in [0.717, 1.165) is 29.7 Å². The standard InChI is InChI=1S/C24H26N6O3/c1-15-19-10-11-20(31)30(13-17-7-4-3-5-8-17)23(19)26-22(25-15)18-9-6-12-29(14-18)24(32)21-16(2)27-33-28-21/h3-5,7-8,18H,6,9-14H2,1-2H3. The molecule has 0 N–H and O–H groups in total. The van der Waals surface area contributed by atoms with Crippen molar-refractivity contribution in [1.82, 2.24) is 25.2 Å². The molecule has 4 heterocycles. The molecule has 33 heavy (non-hydrogen) atoms. The topological polar surface area (TPSA) is 105 Å². The van der Waals surface area contributed by atoms with Crippen molar-refractivity contribution in [3.8, 4) is 0 Å². The second-order valence-electron chi connectivity index (χ2n) is 8.72. The van der Waals surface area contributed by atoms with Gasteiger partial charge in [0.25, 0.3) is 5.91 Å². The summed E-state index contributed by atoms with van der Waals surface area (Å²) in [6, 6.07) is 9.94. The molecule has 0 aliphatic carbocycles. The van der Waals surface area contributed by atoms with Crippen LogP contribution in [-0.2, 0) is 17.8 Å². The number of anilines is 1. The Bertz CT molecular complexity index is 1190. The van der Waals surface area contributed by atoms with Crippen LogP contribution in [0.3, 0.4) is 0 Å². The molecule has 5 rings (SSSR count). The molecule has 2 aliphatic rings. The largest absolute Gasteiger partial charge is 0.336 e. The van der Waals surface area contributed by atoms with Crippen LogP contribution in [0.5, 0.6) is 0 Å². The first kappa shape index (κ1) is 21.2. The molecular formula is C24H26N6O3. The number of hydrogen-bond acceptors (Lipinski definition) is 7. The zero-order valence-corrected chi connectivity index (χ0v) is 18.8. The molecule has 170 valence electrons. The van der Waals surface area contributed by atoms with Crippen molar-refractivity contribution in [2.75, 3.05) is 18.0 Å². The van der Waals surface area contributed by atoms with E-state index in [1.54, 1.807) is 16.7 Å². The number of benzene rings is 1. The maximum absolute atomic E-state index is 12.9. The van der Waals surface area contributed by atoms with Gasteiger partial charge in [-0.05, 0) is 43.8 Å². The van der Waals surface area contributed by atoms with Crippen LogP contribution in [0.25, 0.3) is 0 Å². The summed E-state index contributed by atoms with van der Waals surface area (Å²) in [6.45, 7) is 5.31. The fourth-order valence-electron chi connectivity index (χ4n) is 4.66. The maximum atomic E-state index is 12.9. The van der Waals surface area contributed by atoms with E-state index in [-0.39, 0.29) is 23.4 Å². The number of hydrogen-bond donors (Lipinski definition) is 0. The van der Waals surface area contributed by atoms with Gasteiger partial charge in [0.15, 0.2) is 5.69 Å². The van der Waals surface area contributed by atoms with Gasteiger partial charge in [-0.2, -0.15) is 0 Å². The molecule has 0 radical (unpaired) electrons. The number of piperidine rings is 1. The lowest BCUT2D eigenvalue weighted by Gasteiger charge is -2.33. The van der Waals surface area contributed by atoms with E-state index in [2.05, 4.69) is 10.3 Å². The zero-order chi connectivity index (χ0) is 22.9. The number of aryl methyl sites for hydroxylation is 2. The summed E-state index contributed by atoms with van der Waals surface area (Å²) in [7, 11) is 0. The predicted molar refractivity (Wildman–Crippen MR) is 120 cm³/mol. The quantitative estimate of drug-likeness (QED) is 0.607. The van der Waals surface area contributed by atoms with Gasteiger partial charge >= 0.3 is 0 Å². The number of nitrogens with zero attached hydrogens (tertiary/aromatic N) is 6. The highest BCUT2D eigenvalue weighted by Crippen LogP contribution is 2.33. The van der Waals surface area contributed by atoms with E-state index in [4.69, 9.17) is 14.6 Å². The molecule has 9 nitrogen and oxygen atoms in total. The van der Waals surface area contributed by atoms with Crippen LogP contribution in [0.4, 0.5) is 5.82 Å². The Morgan fingerprint density at radius 2 is 1.91 bits per heavy atom. The first-order chi connectivity index (χ1) is 16.0. The Morgan fingerprint density at radius 3 is 2.67 bits per heavy atom. The molecule has 1 saturated heterocycles. The second kappa shape index (κ2) is 8.73. The Morgan fingerprint density at radius 1 is 1.09 bits per heavy atom. The average molecular weight is 447 g/mol. The van der Waals surface area contributed by atoms with Crippen LogP contribution >= 0.6 is 0 Å². The molecule has 1 aromatic carbocycles. The van der Waals surface area contributed by atoms with E-state index in [1.165, 1.54) is 0 Å². The molecule has 2 aliphatic heterocycles. The summed E-state index contributed by atoms with van der Waals surface area (Å²) in [5.41, 5.74) is 3.72. The van der Waals surface area contributed by atoms with Crippen LogP contribution < -0.4 is 4.90 Å². The Balaban J connectivity index is 1.43. The van der Waals surface area contributed by atoms with Gasteiger partial charge in [-0.15, -0.1) is 0 Å². The minimum atomic E-state index is -0.186. The third-order valence-electron chi connectivity index (χ3n) is 6.47. The normalized spacial score (nSPS) is 18.4. The van der Waals surface area contributed by atoms with Crippen molar-refractivity contribution in [2.24, 2.45) is 0 Å². The van der Waals surface area contributed by atoms with Gasteiger partial charge in [0.1, 0.15) is 17.3 Å². The smallest absolute Gasteiger partial charge is 0.278 e. The highest BCUT2D eigenvalue weighted by molar-refractivity contribution is 5.95. The summed E-state index contributed by atoms with van der Waals surface area (Å²) in [4.78, 5) is 39.1. The van der Waals surface area contributed by atoms with Gasteiger partial charge in [0.05, 0.1) is 6.54 Å². The van der Waals surface area contributed by atoms with Crippen LogP contribution in [0.1, 0.15) is 64.0 Å². The Kier molecular flexibility index (Phi) is 5.62. The molecule has 0 spiro atoms. The van der Waals surface area contributed by atoms with E-state index in [0.29, 0.717) is 49.8 Å². The van der Waals surface area contributed by atoms with Crippen molar-refractivity contribution in [1.29, 1.82) is 0 Å². The first-order valence-corrected chi connectivity index (χ1v) is 11.3. The Labute approximate surface area is 191 Å². The van der Waals surface area contributed by atoms with Gasteiger partial charge in [-0.1, -0.05) is 35.5 Å². The molecular weight excluding hydrogens is 420 g/mol. The van der Waals surface area contributed by atoms with Crippen LogP contribution in [0, 0.1) is 13.8 Å². The van der Waals surface area contributed by atoms with E-state index >= 15 is 0 Å². The van der Waals surface area contributed by atoms with Gasteiger partial charge in [-0.3, -0.25) is 14.5 Å². The van der Waals surface area contributed by atoms with Crippen LogP contribution in [0.15, 0.2) is 35.0 Å². The number of carbonyl (C=O) groups excluding carboxylic acids is 2. The summed E-state index contributed by atoms with van der Waals surface area (Å²) < 4.78 is 4.71. The van der Waals surface area contributed by atoms with Gasteiger partial charge in [0.2, 0.25) is 5.91 Å². The molecule has 1 unspecified atom stereocenters. The van der Waals surface area contributed by atoms with Crippen molar-refractivity contribution < 1.29 is 14.2 Å². The molecule has 0 saturated carbocycles. The minimum Gasteiger partial charge on any atom is -0.336 e. The fourth-order valence-corrected chi connectivity index (χ4v) is 4.66. The van der Waals surface area contributed by atoms with Crippen molar-refractivity contribution in [2.45, 2.75) is 52.0 Å². The van der Waals surface area contributed by atoms with E-state index < -0.39 is 0 Å². The maximum Gasteiger partial charge on any atom is 0.278 e. The van der Waals surface area contributed by atoms with E-state index in [9.17, 15) is 9.59 Å². The van der Waals surface area contributed by atoms with Crippen molar-refractivity contribution in [3.05, 3.63) is 64.4 Å². The average Bonchev–Trinajstić information content (AvgIpc) is 3.27.